The fourth-order valence-corrected chi connectivity index (χ4v) is 2.63. The SMILES string of the molecule is CC(=O)NC(C)(CCc1ccccc1)C(=O)NCc1ccccc1. The molecule has 0 aliphatic carbocycles. The molecule has 2 aromatic carbocycles. The molecule has 2 aromatic rings. The standard InChI is InChI=1S/C20H24N2O2/c1-16(23)22-20(2,14-13-17-9-5-3-6-10-17)19(24)21-15-18-11-7-4-8-12-18/h3-12H,13-15H2,1-2H3,(H,21,24)(H,22,23). The highest BCUT2D eigenvalue weighted by atomic mass is 16.2. The van der Waals surface area contributed by atoms with Gasteiger partial charge in [0.25, 0.3) is 0 Å². The molecule has 2 amide bonds. The summed E-state index contributed by atoms with van der Waals surface area (Å²) in [5.74, 6) is -0.377. The van der Waals surface area contributed by atoms with Gasteiger partial charge in [-0.2, -0.15) is 0 Å². The zero-order valence-electron chi connectivity index (χ0n) is 14.2. The van der Waals surface area contributed by atoms with Crippen molar-refractivity contribution in [1.29, 1.82) is 0 Å². The van der Waals surface area contributed by atoms with Crippen molar-refractivity contribution in [3.63, 3.8) is 0 Å². The molecule has 0 spiro atoms. The predicted molar refractivity (Wildman–Crippen MR) is 95.3 cm³/mol. The number of rotatable bonds is 7. The van der Waals surface area contributed by atoms with E-state index in [2.05, 4.69) is 10.6 Å². The van der Waals surface area contributed by atoms with Crippen molar-refractivity contribution in [2.75, 3.05) is 0 Å². The van der Waals surface area contributed by atoms with Crippen molar-refractivity contribution in [1.82, 2.24) is 10.6 Å². The zero-order chi connectivity index (χ0) is 17.4. The van der Waals surface area contributed by atoms with Crippen LogP contribution in [0.25, 0.3) is 0 Å². The van der Waals surface area contributed by atoms with Gasteiger partial charge in [-0.25, -0.2) is 0 Å². The molecule has 0 radical (unpaired) electrons. The Hall–Kier alpha value is -2.62. The third-order valence-corrected chi connectivity index (χ3v) is 4.01. The first-order valence-electron chi connectivity index (χ1n) is 8.14. The molecular formula is C20H24N2O2. The lowest BCUT2D eigenvalue weighted by atomic mass is 9.92. The molecule has 0 aliphatic heterocycles. The molecule has 4 heteroatoms. The quantitative estimate of drug-likeness (QED) is 0.823. The number of hydrogen-bond acceptors (Lipinski definition) is 2. The Bertz CT molecular complexity index is 671. The van der Waals surface area contributed by atoms with Gasteiger partial charge in [-0.3, -0.25) is 9.59 Å². The highest BCUT2D eigenvalue weighted by molar-refractivity contribution is 5.90. The average molecular weight is 324 g/mol. The second-order valence-electron chi connectivity index (χ2n) is 6.17. The molecule has 2 N–H and O–H groups in total. The molecule has 1 unspecified atom stereocenters. The second-order valence-corrected chi connectivity index (χ2v) is 6.17. The average Bonchev–Trinajstić information content (AvgIpc) is 2.59. The van der Waals surface area contributed by atoms with Gasteiger partial charge in [-0.05, 0) is 30.9 Å². The first-order valence-corrected chi connectivity index (χ1v) is 8.14. The Kier molecular flexibility index (Phi) is 6.13. The lowest BCUT2D eigenvalue weighted by Gasteiger charge is -2.29. The molecule has 2 rings (SSSR count). The summed E-state index contributed by atoms with van der Waals surface area (Å²) in [5, 5.41) is 5.74. The van der Waals surface area contributed by atoms with Crippen molar-refractivity contribution in [3.05, 3.63) is 71.8 Å². The van der Waals surface area contributed by atoms with Gasteiger partial charge in [0.2, 0.25) is 11.8 Å². The maximum absolute atomic E-state index is 12.7. The topological polar surface area (TPSA) is 58.2 Å². The van der Waals surface area contributed by atoms with Crippen molar-refractivity contribution in [2.45, 2.75) is 38.8 Å². The first-order chi connectivity index (χ1) is 11.5. The summed E-state index contributed by atoms with van der Waals surface area (Å²) in [4.78, 5) is 24.2. The minimum Gasteiger partial charge on any atom is -0.350 e. The van der Waals surface area contributed by atoms with Gasteiger partial charge in [0.15, 0.2) is 0 Å². The Morgan fingerprint density at radius 2 is 1.46 bits per heavy atom. The van der Waals surface area contributed by atoms with E-state index in [-0.39, 0.29) is 11.8 Å². The van der Waals surface area contributed by atoms with Crippen LogP contribution in [0.4, 0.5) is 0 Å². The van der Waals surface area contributed by atoms with Crippen LogP contribution in [-0.4, -0.2) is 17.4 Å². The Morgan fingerprint density at radius 1 is 0.917 bits per heavy atom. The molecule has 0 bridgehead atoms. The van der Waals surface area contributed by atoms with E-state index >= 15 is 0 Å². The molecule has 126 valence electrons. The van der Waals surface area contributed by atoms with Crippen molar-refractivity contribution in [2.24, 2.45) is 0 Å². The smallest absolute Gasteiger partial charge is 0.245 e. The molecular weight excluding hydrogens is 300 g/mol. The van der Waals surface area contributed by atoms with Crippen LogP contribution >= 0.6 is 0 Å². The first kappa shape index (κ1) is 17.7. The fraction of sp³-hybridized carbons (Fsp3) is 0.300. The number of nitrogens with one attached hydrogen (secondary N) is 2. The molecule has 0 fully saturated rings. The Labute approximate surface area is 143 Å². The van der Waals surface area contributed by atoms with E-state index in [1.165, 1.54) is 6.92 Å². The van der Waals surface area contributed by atoms with Crippen LogP contribution < -0.4 is 10.6 Å². The molecule has 0 saturated heterocycles. The van der Waals surface area contributed by atoms with E-state index in [4.69, 9.17) is 0 Å². The Morgan fingerprint density at radius 3 is 2.00 bits per heavy atom. The summed E-state index contributed by atoms with van der Waals surface area (Å²) in [6, 6.07) is 19.7. The van der Waals surface area contributed by atoms with Crippen molar-refractivity contribution >= 4 is 11.8 Å². The number of amides is 2. The van der Waals surface area contributed by atoms with Crippen LogP contribution in [0.3, 0.4) is 0 Å². The fourth-order valence-electron chi connectivity index (χ4n) is 2.63. The minimum atomic E-state index is -0.934. The van der Waals surface area contributed by atoms with E-state index in [9.17, 15) is 9.59 Å². The summed E-state index contributed by atoms with van der Waals surface area (Å²) in [7, 11) is 0. The second kappa shape index (κ2) is 8.29. The van der Waals surface area contributed by atoms with Gasteiger partial charge < -0.3 is 10.6 Å². The molecule has 1 atom stereocenters. The number of carbonyl (C=O) groups excluding carboxylic acids is 2. The lowest BCUT2D eigenvalue weighted by molar-refractivity contribution is -0.132. The molecule has 0 saturated carbocycles. The number of benzene rings is 2. The maximum Gasteiger partial charge on any atom is 0.245 e. The maximum atomic E-state index is 12.7. The normalized spacial score (nSPS) is 12.9. The van der Waals surface area contributed by atoms with Gasteiger partial charge in [0.05, 0.1) is 0 Å². The third-order valence-electron chi connectivity index (χ3n) is 4.01. The monoisotopic (exact) mass is 324 g/mol. The minimum absolute atomic E-state index is 0.169. The van der Waals surface area contributed by atoms with Crippen molar-refractivity contribution < 1.29 is 9.59 Å². The van der Waals surface area contributed by atoms with Gasteiger partial charge >= 0.3 is 0 Å². The van der Waals surface area contributed by atoms with Gasteiger partial charge in [-0.1, -0.05) is 60.7 Å². The molecule has 4 nitrogen and oxygen atoms in total. The largest absolute Gasteiger partial charge is 0.350 e. The summed E-state index contributed by atoms with van der Waals surface area (Å²) in [6.45, 7) is 3.66. The van der Waals surface area contributed by atoms with E-state index in [1.54, 1.807) is 6.92 Å². The number of carbonyl (C=O) groups is 2. The lowest BCUT2D eigenvalue weighted by Crippen LogP contribution is -2.56. The summed E-state index contributed by atoms with van der Waals surface area (Å²) in [6.07, 6.45) is 1.26. The van der Waals surface area contributed by atoms with Crippen LogP contribution in [0.2, 0.25) is 0 Å². The number of hydrogen-bond donors (Lipinski definition) is 2. The molecule has 0 aromatic heterocycles. The molecule has 0 aliphatic rings. The summed E-state index contributed by atoms with van der Waals surface area (Å²) < 4.78 is 0. The number of aryl methyl sites for hydroxylation is 1. The van der Waals surface area contributed by atoms with Crippen LogP contribution in [0.1, 0.15) is 31.4 Å². The van der Waals surface area contributed by atoms with E-state index in [0.29, 0.717) is 13.0 Å². The van der Waals surface area contributed by atoms with Gasteiger partial charge in [0, 0.05) is 13.5 Å². The van der Waals surface area contributed by atoms with Crippen LogP contribution in [-0.2, 0) is 22.6 Å². The van der Waals surface area contributed by atoms with Crippen LogP contribution in [0.5, 0.6) is 0 Å². The van der Waals surface area contributed by atoms with E-state index in [1.807, 2.05) is 60.7 Å². The van der Waals surface area contributed by atoms with Gasteiger partial charge in [0.1, 0.15) is 5.54 Å². The third kappa shape index (κ3) is 5.23. The summed E-state index contributed by atoms with van der Waals surface area (Å²) in [5.41, 5.74) is 1.24. The molecule has 0 heterocycles. The molecule has 24 heavy (non-hydrogen) atoms. The van der Waals surface area contributed by atoms with E-state index < -0.39 is 5.54 Å². The van der Waals surface area contributed by atoms with Gasteiger partial charge in [-0.15, -0.1) is 0 Å². The summed E-state index contributed by atoms with van der Waals surface area (Å²) >= 11 is 0. The zero-order valence-corrected chi connectivity index (χ0v) is 14.2. The predicted octanol–water partition coefficient (Wildman–Crippen LogP) is 2.83. The van der Waals surface area contributed by atoms with Crippen molar-refractivity contribution in [3.8, 4) is 0 Å². The highest BCUT2D eigenvalue weighted by Crippen LogP contribution is 2.15. The Balaban J connectivity index is 2.02. The highest BCUT2D eigenvalue weighted by Gasteiger charge is 2.33. The van der Waals surface area contributed by atoms with Crippen LogP contribution in [0, 0.1) is 0 Å². The van der Waals surface area contributed by atoms with E-state index in [0.717, 1.165) is 17.5 Å². The van der Waals surface area contributed by atoms with Crippen LogP contribution in [0.15, 0.2) is 60.7 Å².